The van der Waals surface area contributed by atoms with Crippen LogP contribution in [-0.2, 0) is 0 Å². The van der Waals surface area contributed by atoms with Crippen molar-refractivity contribution in [2.75, 3.05) is 0 Å². The first-order valence-electron chi connectivity index (χ1n) is 2.75. The highest BCUT2D eigenvalue weighted by molar-refractivity contribution is 5.26. The zero-order valence-corrected chi connectivity index (χ0v) is 5.53. The maximum atomic E-state index is 12.5. The molecule has 0 fully saturated rings. The van der Waals surface area contributed by atoms with Gasteiger partial charge in [0.2, 0.25) is 6.20 Å². The van der Waals surface area contributed by atoms with E-state index in [4.69, 9.17) is 0 Å². The number of hydrogen-bond donors (Lipinski definition) is 0. The molecule has 1 heterocycles. The van der Waals surface area contributed by atoms with Gasteiger partial charge in [0.25, 0.3) is 5.82 Å². The monoisotopic (exact) mass is 176 g/mol. The SMILES string of the molecule is O=[N+]([O-])c1cc(F)[n+]([O-])cc1F. The molecule has 0 bridgehead atoms. The largest absolute Gasteiger partial charge is 0.617 e. The molecule has 5 nitrogen and oxygen atoms in total. The lowest BCUT2D eigenvalue weighted by Crippen LogP contribution is -2.31. The van der Waals surface area contributed by atoms with Crippen molar-refractivity contribution in [3.05, 3.63) is 39.3 Å². The zero-order valence-electron chi connectivity index (χ0n) is 5.53. The van der Waals surface area contributed by atoms with Crippen LogP contribution in [0.1, 0.15) is 0 Å². The van der Waals surface area contributed by atoms with E-state index in [2.05, 4.69) is 0 Å². The number of rotatable bonds is 1. The van der Waals surface area contributed by atoms with Crippen molar-refractivity contribution < 1.29 is 18.4 Å². The summed E-state index contributed by atoms with van der Waals surface area (Å²) in [6, 6.07) is 0.225. The van der Waals surface area contributed by atoms with Crippen LogP contribution >= 0.6 is 0 Å². The minimum absolute atomic E-state index is 0.160. The zero-order chi connectivity index (χ0) is 9.30. The Morgan fingerprint density at radius 3 is 2.58 bits per heavy atom. The third-order valence-corrected chi connectivity index (χ3v) is 1.14. The number of hydrogen-bond acceptors (Lipinski definition) is 3. The number of aromatic nitrogens is 1. The molecule has 0 spiro atoms. The topological polar surface area (TPSA) is 70.1 Å². The summed E-state index contributed by atoms with van der Waals surface area (Å²) >= 11 is 0. The van der Waals surface area contributed by atoms with Crippen molar-refractivity contribution in [1.82, 2.24) is 0 Å². The van der Waals surface area contributed by atoms with Gasteiger partial charge in [-0.1, -0.05) is 0 Å². The van der Waals surface area contributed by atoms with Crippen LogP contribution in [0, 0.1) is 27.1 Å². The summed E-state index contributed by atoms with van der Waals surface area (Å²) in [6.45, 7) is 0. The fourth-order valence-electron chi connectivity index (χ4n) is 0.616. The van der Waals surface area contributed by atoms with Gasteiger partial charge in [-0.3, -0.25) is 10.1 Å². The molecular weight excluding hydrogens is 174 g/mol. The molecule has 0 aliphatic heterocycles. The standard InChI is InChI=1S/C5H2F2N2O3/c6-3-2-8(10)5(7)1-4(3)9(11)12/h1-2H. The molecule has 12 heavy (non-hydrogen) atoms. The van der Waals surface area contributed by atoms with Gasteiger partial charge in [-0.15, -0.1) is 9.12 Å². The molecule has 0 saturated heterocycles. The highest BCUT2D eigenvalue weighted by atomic mass is 19.1. The molecule has 0 N–H and O–H groups in total. The van der Waals surface area contributed by atoms with E-state index in [1.165, 1.54) is 0 Å². The number of nitrogens with zero attached hydrogens (tertiary/aromatic N) is 2. The quantitative estimate of drug-likeness (QED) is 0.206. The molecule has 0 unspecified atom stereocenters. The minimum atomic E-state index is -1.41. The van der Waals surface area contributed by atoms with E-state index in [0.717, 1.165) is 0 Å². The first kappa shape index (κ1) is 8.31. The van der Waals surface area contributed by atoms with Gasteiger partial charge >= 0.3 is 11.6 Å². The Balaban J connectivity index is 3.33. The molecule has 1 rings (SSSR count). The van der Waals surface area contributed by atoms with Crippen molar-refractivity contribution in [1.29, 1.82) is 0 Å². The van der Waals surface area contributed by atoms with Gasteiger partial charge in [-0.2, -0.15) is 4.39 Å². The van der Waals surface area contributed by atoms with Crippen LogP contribution in [0.5, 0.6) is 0 Å². The first-order chi connectivity index (χ1) is 5.52. The summed E-state index contributed by atoms with van der Waals surface area (Å²) in [6.07, 6.45) is 0.160. The Kier molecular flexibility index (Phi) is 1.86. The molecule has 64 valence electrons. The van der Waals surface area contributed by atoms with Crippen LogP contribution in [0.25, 0.3) is 0 Å². The summed E-state index contributed by atoms with van der Waals surface area (Å²) in [4.78, 5) is 8.86. The fourth-order valence-corrected chi connectivity index (χ4v) is 0.616. The molecule has 0 radical (unpaired) electrons. The van der Waals surface area contributed by atoms with Crippen molar-refractivity contribution in [2.45, 2.75) is 0 Å². The second-order valence-electron chi connectivity index (χ2n) is 1.91. The number of nitro groups is 1. The van der Waals surface area contributed by atoms with Gasteiger partial charge in [-0.25, -0.2) is 0 Å². The van der Waals surface area contributed by atoms with Crippen molar-refractivity contribution in [2.24, 2.45) is 0 Å². The summed E-state index contributed by atoms with van der Waals surface area (Å²) < 4.78 is 24.3. The minimum Gasteiger partial charge on any atom is -0.617 e. The molecule has 0 amide bonds. The van der Waals surface area contributed by atoms with Crippen LogP contribution in [-0.4, -0.2) is 4.92 Å². The highest BCUT2D eigenvalue weighted by Gasteiger charge is 2.21. The van der Waals surface area contributed by atoms with E-state index in [9.17, 15) is 24.1 Å². The molecule has 0 aromatic carbocycles. The lowest BCUT2D eigenvalue weighted by atomic mass is 10.4. The van der Waals surface area contributed by atoms with Crippen molar-refractivity contribution in [3.8, 4) is 0 Å². The summed E-state index contributed by atoms with van der Waals surface area (Å²) in [5.74, 6) is -2.78. The summed E-state index contributed by atoms with van der Waals surface area (Å²) in [7, 11) is 0. The molecule has 7 heteroatoms. The van der Waals surface area contributed by atoms with Gasteiger partial charge in [0.05, 0.1) is 4.92 Å². The second kappa shape index (κ2) is 2.68. The van der Waals surface area contributed by atoms with E-state index in [1.807, 2.05) is 0 Å². The molecule has 1 aromatic rings. The van der Waals surface area contributed by atoms with Crippen LogP contribution in [0.3, 0.4) is 0 Å². The molecule has 0 aliphatic rings. The Hall–Kier alpha value is -1.79. The summed E-state index contributed by atoms with van der Waals surface area (Å²) in [5, 5.41) is 20.3. The third kappa shape index (κ3) is 1.29. The highest BCUT2D eigenvalue weighted by Crippen LogP contribution is 2.14. The predicted octanol–water partition coefficient (Wildman–Crippen LogP) is 0.506. The third-order valence-electron chi connectivity index (χ3n) is 1.14. The van der Waals surface area contributed by atoms with E-state index < -0.39 is 27.1 Å². The van der Waals surface area contributed by atoms with Gasteiger partial charge in [0, 0.05) is 0 Å². The van der Waals surface area contributed by atoms with E-state index in [0.29, 0.717) is 0 Å². The molecule has 0 atom stereocenters. The van der Waals surface area contributed by atoms with Gasteiger partial charge in [0.1, 0.15) is 6.07 Å². The Morgan fingerprint density at radius 2 is 2.08 bits per heavy atom. The number of pyridine rings is 1. The van der Waals surface area contributed by atoms with Crippen molar-refractivity contribution >= 4 is 5.69 Å². The molecule has 0 saturated carbocycles. The van der Waals surface area contributed by atoms with E-state index >= 15 is 0 Å². The predicted molar refractivity (Wildman–Crippen MR) is 32.0 cm³/mol. The van der Waals surface area contributed by atoms with E-state index in [1.54, 1.807) is 0 Å². The average Bonchev–Trinajstić information content (AvgIpc) is 1.96. The Morgan fingerprint density at radius 1 is 1.50 bits per heavy atom. The van der Waals surface area contributed by atoms with Crippen molar-refractivity contribution in [3.63, 3.8) is 0 Å². The van der Waals surface area contributed by atoms with Crippen LogP contribution < -0.4 is 4.73 Å². The van der Waals surface area contributed by atoms with Gasteiger partial charge in [-0.05, 0) is 0 Å². The second-order valence-corrected chi connectivity index (χ2v) is 1.91. The first-order valence-corrected chi connectivity index (χ1v) is 2.75. The van der Waals surface area contributed by atoms with Crippen LogP contribution in [0.2, 0.25) is 0 Å². The maximum Gasteiger partial charge on any atom is 0.378 e. The molecule has 0 aliphatic carbocycles. The molecule has 1 aromatic heterocycles. The normalized spacial score (nSPS) is 9.83. The number of halogens is 2. The Labute approximate surface area is 64.6 Å². The smallest absolute Gasteiger partial charge is 0.378 e. The van der Waals surface area contributed by atoms with Gasteiger partial charge in [0.15, 0.2) is 0 Å². The maximum absolute atomic E-state index is 12.5. The fraction of sp³-hybridized carbons (Fsp3) is 0. The lowest BCUT2D eigenvalue weighted by molar-refractivity contribution is -0.639. The van der Waals surface area contributed by atoms with Gasteiger partial charge < -0.3 is 5.21 Å². The summed E-state index contributed by atoms with van der Waals surface area (Å²) in [5.41, 5.74) is -1.06. The van der Waals surface area contributed by atoms with Crippen LogP contribution in [0.4, 0.5) is 14.5 Å². The van der Waals surface area contributed by atoms with E-state index in [-0.39, 0.29) is 12.3 Å². The van der Waals surface area contributed by atoms with Crippen LogP contribution in [0.15, 0.2) is 12.3 Å². The Bertz CT molecular complexity index is 342. The molecular formula is C5H2F2N2O3. The average molecular weight is 176 g/mol. The lowest BCUT2D eigenvalue weighted by Gasteiger charge is -1.96.